The minimum Gasteiger partial charge on any atom is -0.489 e. The molecule has 4 rings (SSSR count). The average molecular weight is 642 g/mol. The summed E-state index contributed by atoms with van der Waals surface area (Å²) in [6.45, 7) is 5.90. The Morgan fingerprint density at radius 2 is 1.39 bits per heavy atom. The van der Waals surface area contributed by atoms with Crippen LogP contribution in [0.5, 0.6) is 5.75 Å². The van der Waals surface area contributed by atoms with Gasteiger partial charge >= 0.3 is 0 Å². The zero-order valence-corrected chi connectivity index (χ0v) is 27.7. The van der Waals surface area contributed by atoms with E-state index in [0.717, 1.165) is 39.2 Å². The maximum Gasteiger partial charge on any atom is 0.244 e. The highest BCUT2D eigenvalue weighted by Crippen LogP contribution is 2.24. The number of amides is 2. The molecule has 46 heavy (non-hydrogen) atoms. The molecule has 8 nitrogen and oxygen atoms in total. The Bertz CT molecular complexity index is 1660. The zero-order valence-electron chi connectivity index (χ0n) is 26.9. The predicted molar refractivity (Wildman–Crippen MR) is 183 cm³/mol. The van der Waals surface area contributed by atoms with Crippen LogP contribution in [0.3, 0.4) is 0 Å². The molecule has 0 heterocycles. The molecule has 0 aliphatic carbocycles. The van der Waals surface area contributed by atoms with Crippen molar-refractivity contribution in [3.63, 3.8) is 0 Å². The Balaban J connectivity index is 1.64. The van der Waals surface area contributed by atoms with Gasteiger partial charge in [-0.1, -0.05) is 97.4 Å². The molecule has 9 heteroatoms. The molecule has 0 saturated heterocycles. The summed E-state index contributed by atoms with van der Waals surface area (Å²) in [6.07, 6.45) is 2.07. The van der Waals surface area contributed by atoms with Gasteiger partial charge in [-0.2, -0.15) is 0 Å². The molecule has 4 aromatic carbocycles. The van der Waals surface area contributed by atoms with Crippen LogP contribution in [0.4, 0.5) is 5.69 Å². The third kappa shape index (κ3) is 9.94. The number of benzene rings is 4. The van der Waals surface area contributed by atoms with E-state index >= 15 is 0 Å². The molecule has 0 bridgehead atoms. The van der Waals surface area contributed by atoms with Gasteiger partial charge in [0.15, 0.2) is 0 Å². The molecule has 242 valence electrons. The smallest absolute Gasteiger partial charge is 0.244 e. The van der Waals surface area contributed by atoms with E-state index in [0.29, 0.717) is 18.0 Å². The van der Waals surface area contributed by atoms with Gasteiger partial charge in [0.05, 0.1) is 11.9 Å². The number of rotatable bonds is 15. The number of aryl methyl sites for hydroxylation is 1. The number of hydrogen-bond donors (Lipinski definition) is 1. The number of sulfonamides is 1. The first kappa shape index (κ1) is 34.2. The van der Waals surface area contributed by atoms with Crippen molar-refractivity contribution in [1.29, 1.82) is 0 Å². The van der Waals surface area contributed by atoms with E-state index < -0.39 is 28.5 Å². The first-order valence-electron chi connectivity index (χ1n) is 15.5. The minimum absolute atomic E-state index is 0.0998. The third-order valence-electron chi connectivity index (χ3n) is 7.80. The van der Waals surface area contributed by atoms with Crippen LogP contribution in [0.2, 0.25) is 0 Å². The standard InChI is InChI=1S/C37H43N3O5S/c1-5-29(3)38-37(42)35(24-30-12-8-6-9-13-30)39(25-31-18-16-28(2)17-19-31)36(41)26-40(46(4,43)44)33-20-22-34(23-21-33)45-27-32-14-10-7-11-15-32/h6-23,29,35H,5,24-27H2,1-4H3,(H,38,42)/t29-,35-/m0/s1. The Morgan fingerprint density at radius 1 is 0.804 bits per heavy atom. The summed E-state index contributed by atoms with van der Waals surface area (Å²) in [4.78, 5) is 29.6. The normalized spacial score (nSPS) is 12.5. The van der Waals surface area contributed by atoms with E-state index in [9.17, 15) is 18.0 Å². The van der Waals surface area contributed by atoms with Crippen molar-refractivity contribution in [3.8, 4) is 5.75 Å². The fraction of sp³-hybridized carbons (Fsp3) is 0.297. The summed E-state index contributed by atoms with van der Waals surface area (Å²) < 4.78 is 33.2. The number of nitrogens with one attached hydrogen (secondary N) is 1. The Kier molecular flexibility index (Phi) is 12.0. The second-order valence-electron chi connectivity index (χ2n) is 11.6. The summed E-state index contributed by atoms with van der Waals surface area (Å²) in [5.41, 5.74) is 4.11. The zero-order chi connectivity index (χ0) is 33.1. The lowest BCUT2D eigenvalue weighted by Gasteiger charge is -2.34. The summed E-state index contributed by atoms with van der Waals surface area (Å²) >= 11 is 0. The number of nitrogens with zero attached hydrogens (tertiary/aromatic N) is 2. The number of ether oxygens (including phenoxy) is 1. The second-order valence-corrected chi connectivity index (χ2v) is 13.5. The van der Waals surface area contributed by atoms with Crippen LogP contribution in [0.1, 0.15) is 42.5 Å². The first-order valence-corrected chi connectivity index (χ1v) is 17.3. The molecule has 0 fully saturated rings. The van der Waals surface area contributed by atoms with Crippen LogP contribution in [0.15, 0.2) is 109 Å². The molecule has 0 spiro atoms. The van der Waals surface area contributed by atoms with Crippen molar-refractivity contribution < 1.29 is 22.7 Å². The Hall–Kier alpha value is -4.63. The lowest BCUT2D eigenvalue weighted by molar-refractivity contribution is -0.140. The summed E-state index contributed by atoms with van der Waals surface area (Å²) in [6, 6.07) is 32.6. The van der Waals surface area contributed by atoms with Gasteiger partial charge in [0.25, 0.3) is 0 Å². The molecule has 2 amide bonds. The van der Waals surface area contributed by atoms with E-state index in [2.05, 4.69) is 5.32 Å². The summed E-state index contributed by atoms with van der Waals surface area (Å²) in [5, 5.41) is 3.05. The first-order chi connectivity index (χ1) is 22.0. The molecule has 2 atom stereocenters. The quantitative estimate of drug-likeness (QED) is 0.175. The molecule has 4 aromatic rings. The number of carbonyl (C=O) groups is 2. The van der Waals surface area contributed by atoms with Crippen molar-refractivity contribution in [3.05, 3.63) is 131 Å². The number of anilines is 1. The van der Waals surface area contributed by atoms with Crippen molar-refractivity contribution in [1.82, 2.24) is 10.2 Å². The van der Waals surface area contributed by atoms with E-state index in [4.69, 9.17) is 4.74 Å². The van der Waals surface area contributed by atoms with Gasteiger partial charge in [-0.05, 0) is 61.2 Å². The molecular weight excluding hydrogens is 598 g/mol. The van der Waals surface area contributed by atoms with E-state index in [1.54, 1.807) is 24.3 Å². The number of hydrogen-bond acceptors (Lipinski definition) is 5. The maximum absolute atomic E-state index is 14.3. The molecule has 0 aromatic heterocycles. The molecule has 0 radical (unpaired) electrons. The Labute approximate surface area is 273 Å². The molecule has 0 saturated carbocycles. The summed E-state index contributed by atoms with van der Waals surface area (Å²) in [5.74, 6) is -0.210. The van der Waals surface area contributed by atoms with Gasteiger partial charge in [-0.3, -0.25) is 13.9 Å². The largest absolute Gasteiger partial charge is 0.489 e. The van der Waals surface area contributed by atoms with Gasteiger partial charge in [0.1, 0.15) is 24.9 Å². The van der Waals surface area contributed by atoms with Crippen molar-refractivity contribution >= 4 is 27.5 Å². The van der Waals surface area contributed by atoms with Gasteiger partial charge in [0, 0.05) is 19.0 Å². The van der Waals surface area contributed by atoms with Gasteiger partial charge in [-0.15, -0.1) is 0 Å². The highest BCUT2D eigenvalue weighted by atomic mass is 32.2. The monoisotopic (exact) mass is 641 g/mol. The SMILES string of the molecule is CC[C@H](C)NC(=O)[C@H](Cc1ccccc1)N(Cc1ccc(C)cc1)C(=O)CN(c1ccc(OCc2ccccc2)cc1)S(C)(=O)=O. The van der Waals surface area contributed by atoms with E-state index in [1.807, 2.05) is 106 Å². The van der Waals surface area contributed by atoms with Crippen LogP contribution in [-0.4, -0.2) is 50.0 Å². The molecule has 0 unspecified atom stereocenters. The average Bonchev–Trinajstić information content (AvgIpc) is 3.05. The molecular formula is C37H43N3O5S. The van der Waals surface area contributed by atoms with Crippen LogP contribution in [0, 0.1) is 6.92 Å². The molecule has 1 N–H and O–H groups in total. The predicted octanol–water partition coefficient (Wildman–Crippen LogP) is 5.89. The van der Waals surface area contributed by atoms with Crippen LogP contribution in [-0.2, 0) is 39.2 Å². The van der Waals surface area contributed by atoms with Crippen LogP contribution >= 0.6 is 0 Å². The highest BCUT2D eigenvalue weighted by Gasteiger charge is 2.33. The van der Waals surface area contributed by atoms with E-state index in [-0.39, 0.29) is 24.9 Å². The van der Waals surface area contributed by atoms with E-state index in [1.165, 1.54) is 4.90 Å². The lowest BCUT2D eigenvalue weighted by atomic mass is 10.0. The van der Waals surface area contributed by atoms with Crippen LogP contribution in [0.25, 0.3) is 0 Å². The molecule has 0 aliphatic rings. The van der Waals surface area contributed by atoms with Crippen molar-refractivity contribution in [2.45, 2.75) is 58.8 Å². The summed E-state index contributed by atoms with van der Waals surface area (Å²) in [7, 11) is -3.88. The molecule has 0 aliphatic heterocycles. The number of carbonyl (C=O) groups excluding carboxylic acids is 2. The van der Waals surface area contributed by atoms with Crippen LogP contribution < -0.4 is 14.4 Å². The topological polar surface area (TPSA) is 96.0 Å². The second kappa shape index (κ2) is 16.1. The van der Waals surface area contributed by atoms with Gasteiger partial charge < -0.3 is 15.0 Å². The fourth-order valence-electron chi connectivity index (χ4n) is 4.95. The van der Waals surface area contributed by atoms with Gasteiger partial charge in [-0.25, -0.2) is 8.42 Å². The van der Waals surface area contributed by atoms with Crippen molar-refractivity contribution in [2.75, 3.05) is 17.1 Å². The van der Waals surface area contributed by atoms with Gasteiger partial charge in [0.2, 0.25) is 21.8 Å². The third-order valence-corrected chi connectivity index (χ3v) is 8.94. The fourth-order valence-corrected chi connectivity index (χ4v) is 5.80. The minimum atomic E-state index is -3.88. The lowest BCUT2D eigenvalue weighted by Crippen LogP contribution is -2.54. The highest BCUT2D eigenvalue weighted by molar-refractivity contribution is 7.92. The maximum atomic E-state index is 14.3. The van der Waals surface area contributed by atoms with Crippen molar-refractivity contribution in [2.24, 2.45) is 0 Å². The Morgan fingerprint density at radius 3 is 1.96 bits per heavy atom.